The van der Waals surface area contributed by atoms with Crippen molar-refractivity contribution in [2.45, 2.75) is 6.04 Å². The van der Waals surface area contributed by atoms with Gasteiger partial charge in [0.2, 0.25) is 11.8 Å². The Morgan fingerprint density at radius 3 is 2.60 bits per heavy atom. The summed E-state index contributed by atoms with van der Waals surface area (Å²) in [7, 11) is 3.05. The number of aromatic nitrogens is 2. The van der Waals surface area contributed by atoms with Gasteiger partial charge in [-0.1, -0.05) is 0 Å². The lowest BCUT2D eigenvalue weighted by atomic mass is 10.2. The number of hydrogen-bond donors (Lipinski definition) is 2. The van der Waals surface area contributed by atoms with Gasteiger partial charge in [0.25, 0.3) is 0 Å². The number of rotatable bonds is 5. The fraction of sp³-hybridized carbons (Fsp3) is 0.273. The molecule has 0 aliphatic heterocycles. The van der Waals surface area contributed by atoms with Crippen molar-refractivity contribution in [2.24, 2.45) is 5.84 Å². The number of methoxy groups -OCH3 is 2. The second kappa shape index (κ2) is 6.81. The van der Waals surface area contributed by atoms with Crippen molar-refractivity contribution in [3.05, 3.63) is 31.1 Å². The molecule has 3 N–H and O–H groups in total. The minimum absolute atomic E-state index is 0.323. The SMILES string of the molecule is COc1cnc(C(NN)c2cc(Br)c(Br)s2)c(OC)n1. The molecule has 2 aromatic heterocycles. The Hall–Kier alpha value is -0.740. The molecular weight excluding hydrogens is 412 g/mol. The third kappa shape index (κ3) is 3.12. The van der Waals surface area contributed by atoms with Crippen LogP contribution in [0, 0.1) is 0 Å². The van der Waals surface area contributed by atoms with E-state index in [0.717, 1.165) is 13.1 Å². The van der Waals surface area contributed by atoms with Crippen LogP contribution in [0.4, 0.5) is 0 Å². The Morgan fingerprint density at radius 2 is 2.10 bits per heavy atom. The fourth-order valence-corrected chi connectivity index (χ4v) is 3.77. The van der Waals surface area contributed by atoms with Gasteiger partial charge in [0.1, 0.15) is 11.7 Å². The summed E-state index contributed by atoms with van der Waals surface area (Å²) < 4.78 is 12.2. The van der Waals surface area contributed by atoms with E-state index < -0.39 is 0 Å². The van der Waals surface area contributed by atoms with Crippen molar-refractivity contribution in [1.82, 2.24) is 15.4 Å². The molecule has 0 saturated heterocycles. The van der Waals surface area contributed by atoms with E-state index in [1.165, 1.54) is 20.4 Å². The van der Waals surface area contributed by atoms with Crippen LogP contribution in [0.2, 0.25) is 0 Å². The van der Waals surface area contributed by atoms with Gasteiger partial charge in [-0.3, -0.25) is 5.84 Å². The van der Waals surface area contributed by atoms with Crippen molar-refractivity contribution in [3.63, 3.8) is 0 Å². The first kappa shape index (κ1) is 15.6. The first-order valence-corrected chi connectivity index (χ1v) is 7.86. The number of ether oxygens (including phenoxy) is 2. The van der Waals surface area contributed by atoms with Crippen molar-refractivity contribution < 1.29 is 9.47 Å². The van der Waals surface area contributed by atoms with Crippen LogP contribution >= 0.6 is 43.2 Å². The zero-order chi connectivity index (χ0) is 14.7. The van der Waals surface area contributed by atoms with Gasteiger partial charge in [-0.25, -0.2) is 10.4 Å². The van der Waals surface area contributed by atoms with Crippen LogP contribution in [0.15, 0.2) is 20.5 Å². The van der Waals surface area contributed by atoms with E-state index in [2.05, 4.69) is 47.3 Å². The van der Waals surface area contributed by atoms with Gasteiger partial charge in [0, 0.05) is 9.35 Å². The molecule has 0 aliphatic rings. The highest BCUT2D eigenvalue weighted by atomic mass is 79.9. The Morgan fingerprint density at radius 1 is 1.35 bits per heavy atom. The summed E-state index contributed by atoms with van der Waals surface area (Å²) in [4.78, 5) is 9.52. The predicted molar refractivity (Wildman–Crippen MR) is 84.0 cm³/mol. The minimum atomic E-state index is -0.323. The number of halogens is 2. The number of nitrogens with two attached hydrogens (primary N) is 1. The lowest BCUT2D eigenvalue weighted by Crippen LogP contribution is -2.29. The van der Waals surface area contributed by atoms with Crippen molar-refractivity contribution >= 4 is 43.2 Å². The van der Waals surface area contributed by atoms with Crippen LogP contribution in [-0.4, -0.2) is 24.2 Å². The third-order valence-electron chi connectivity index (χ3n) is 2.54. The first-order valence-electron chi connectivity index (χ1n) is 5.46. The minimum Gasteiger partial charge on any atom is -0.480 e. The zero-order valence-electron chi connectivity index (χ0n) is 10.7. The van der Waals surface area contributed by atoms with Crippen LogP contribution in [0.5, 0.6) is 11.8 Å². The fourth-order valence-electron chi connectivity index (χ4n) is 1.61. The predicted octanol–water partition coefficient (Wildman–Crippen LogP) is 2.63. The highest BCUT2D eigenvalue weighted by molar-refractivity contribution is 9.13. The number of hydrazine groups is 1. The maximum Gasteiger partial charge on any atom is 0.240 e. The highest BCUT2D eigenvalue weighted by Gasteiger charge is 2.23. The molecule has 2 aromatic rings. The summed E-state index contributed by atoms with van der Waals surface area (Å²) in [6, 6.07) is 1.64. The molecule has 0 bridgehead atoms. The van der Waals surface area contributed by atoms with Gasteiger partial charge in [-0.15, -0.1) is 11.3 Å². The molecule has 1 unspecified atom stereocenters. The summed E-state index contributed by atoms with van der Waals surface area (Å²) >= 11 is 8.46. The van der Waals surface area contributed by atoms with Gasteiger partial charge in [0.05, 0.1) is 24.2 Å². The molecule has 0 spiro atoms. The standard InChI is InChI=1S/C11H12Br2N4O2S/c1-18-7-4-15-9(11(16-7)19-2)8(17-14)6-3-5(12)10(13)20-6/h3-4,8,17H,14H2,1-2H3. The van der Waals surface area contributed by atoms with E-state index in [1.807, 2.05) is 6.07 Å². The summed E-state index contributed by atoms with van der Waals surface area (Å²) in [5.41, 5.74) is 3.33. The van der Waals surface area contributed by atoms with Crippen LogP contribution < -0.4 is 20.7 Å². The summed E-state index contributed by atoms with van der Waals surface area (Å²) in [6.45, 7) is 0. The smallest absolute Gasteiger partial charge is 0.240 e. The summed E-state index contributed by atoms with van der Waals surface area (Å²) in [6.07, 6.45) is 1.53. The molecule has 108 valence electrons. The van der Waals surface area contributed by atoms with E-state index in [-0.39, 0.29) is 6.04 Å². The summed E-state index contributed by atoms with van der Waals surface area (Å²) in [5, 5.41) is 0. The van der Waals surface area contributed by atoms with Crippen molar-refractivity contribution in [3.8, 4) is 11.8 Å². The average molecular weight is 424 g/mol. The normalized spacial score (nSPS) is 12.2. The molecule has 0 amide bonds. The van der Waals surface area contributed by atoms with Gasteiger partial charge >= 0.3 is 0 Å². The third-order valence-corrected chi connectivity index (χ3v) is 5.86. The van der Waals surface area contributed by atoms with E-state index in [4.69, 9.17) is 15.3 Å². The molecule has 0 aliphatic carbocycles. The van der Waals surface area contributed by atoms with Gasteiger partial charge < -0.3 is 9.47 Å². The van der Waals surface area contributed by atoms with E-state index in [0.29, 0.717) is 17.5 Å². The van der Waals surface area contributed by atoms with E-state index >= 15 is 0 Å². The zero-order valence-corrected chi connectivity index (χ0v) is 14.7. The van der Waals surface area contributed by atoms with Gasteiger partial charge in [-0.2, -0.15) is 4.98 Å². The molecule has 20 heavy (non-hydrogen) atoms. The van der Waals surface area contributed by atoms with Crippen molar-refractivity contribution in [2.75, 3.05) is 14.2 Å². The van der Waals surface area contributed by atoms with E-state index in [1.54, 1.807) is 11.3 Å². The van der Waals surface area contributed by atoms with Crippen LogP contribution in [0.3, 0.4) is 0 Å². The molecule has 2 rings (SSSR count). The van der Waals surface area contributed by atoms with Crippen LogP contribution in [-0.2, 0) is 0 Å². The number of hydrogen-bond acceptors (Lipinski definition) is 7. The van der Waals surface area contributed by atoms with Gasteiger partial charge in [-0.05, 0) is 37.9 Å². The summed E-state index contributed by atoms with van der Waals surface area (Å²) in [5.74, 6) is 6.41. The highest BCUT2D eigenvalue weighted by Crippen LogP contribution is 2.38. The van der Waals surface area contributed by atoms with Crippen LogP contribution in [0.25, 0.3) is 0 Å². The van der Waals surface area contributed by atoms with Gasteiger partial charge in [0.15, 0.2) is 0 Å². The van der Waals surface area contributed by atoms with Crippen molar-refractivity contribution in [1.29, 1.82) is 0 Å². The number of nitrogens with zero attached hydrogens (tertiary/aromatic N) is 2. The Labute approximate surface area is 136 Å². The molecule has 6 nitrogen and oxygen atoms in total. The Bertz CT molecular complexity index is 589. The molecule has 0 fully saturated rings. The van der Waals surface area contributed by atoms with E-state index in [9.17, 15) is 0 Å². The molecule has 0 saturated carbocycles. The quantitative estimate of drug-likeness (QED) is 0.568. The molecule has 9 heteroatoms. The topological polar surface area (TPSA) is 82.3 Å². The molecule has 0 radical (unpaired) electrons. The lowest BCUT2D eigenvalue weighted by Gasteiger charge is -2.16. The number of thiophene rings is 1. The average Bonchev–Trinajstić information content (AvgIpc) is 2.79. The molecular formula is C11H12Br2N4O2S. The molecule has 1 atom stereocenters. The first-order chi connectivity index (χ1) is 9.60. The lowest BCUT2D eigenvalue weighted by molar-refractivity contribution is 0.353. The second-order valence-corrected chi connectivity index (χ2v) is 6.93. The molecule has 2 heterocycles. The maximum atomic E-state index is 5.66. The largest absolute Gasteiger partial charge is 0.480 e. The molecule has 0 aromatic carbocycles. The monoisotopic (exact) mass is 422 g/mol. The number of nitrogens with one attached hydrogen (secondary N) is 1. The Balaban J connectivity index is 2.46. The Kier molecular flexibility index (Phi) is 5.33. The maximum absolute atomic E-state index is 5.66. The van der Waals surface area contributed by atoms with Crippen LogP contribution in [0.1, 0.15) is 16.6 Å². The second-order valence-electron chi connectivity index (χ2n) is 3.68.